The van der Waals surface area contributed by atoms with Gasteiger partial charge in [0.25, 0.3) is 0 Å². The van der Waals surface area contributed by atoms with Gasteiger partial charge in [-0.15, -0.1) is 22.7 Å². The highest BCUT2D eigenvalue weighted by molar-refractivity contribution is 7.16. The maximum atomic E-state index is 12.2. The van der Waals surface area contributed by atoms with Crippen molar-refractivity contribution in [3.8, 4) is 27.8 Å². The summed E-state index contributed by atoms with van der Waals surface area (Å²) in [4.78, 5) is 19.1. The zero-order valence-corrected chi connectivity index (χ0v) is 19.0. The van der Waals surface area contributed by atoms with Crippen LogP contribution in [0.1, 0.15) is 15.4 Å². The summed E-state index contributed by atoms with van der Waals surface area (Å²) in [5.74, 6) is 1.57. The van der Waals surface area contributed by atoms with Crippen LogP contribution in [-0.4, -0.2) is 38.8 Å². The molecule has 0 saturated heterocycles. The van der Waals surface area contributed by atoms with E-state index in [1.165, 1.54) is 11.0 Å². The van der Waals surface area contributed by atoms with Crippen LogP contribution in [0.4, 0.5) is 0 Å². The van der Waals surface area contributed by atoms with Gasteiger partial charge in [0.05, 0.1) is 36.9 Å². The van der Waals surface area contributed by atoms with Crippen molar-refractivity contribution >= 4 is 34.7 Å². The minimum Gasteiger partial charge on any atom is -0.496 e. The number of thiazole rings is 1. The number of thiophene rings is 1. The number of hydrogen-bond acceptors (Lipinski definition) is 7. The Bertz CT molecular complexity index is 1040. The van der Waals surface area contributed by atoms with Gasteiger partial charge in [-0.25, -0.2) is 4.98 Å². The van der Waals surface area contributed by atoms with E-state index in [9.17, 15) is 4.79 Å². The molecule has 3 rings (SSSR count). The molecule has 1 aromatic carbocycles. The number of carbonyl (C=O) groups is 1. The topological polar surface area (TPSA) is 69.7 Å². The molecule has 1 N–H and O–H groups in total. The quantitative estimate of drug-likeness (QED) is 0.489. The predicted octanol–water partition coefficient (Wildman–Crippen LogP) is 4.58. The molecule has 158 valence electrons. The highest BCUT2D eigenvalue weighted by atomic mass is 32.1. The fourth-order valence-corrected chi connectivity index (χ4v) is 4.50. The van der Waals surface area contributed by atoms with Gasteiger partial charge in [-0.3, -0.25) is 4.79 Å². The van der Waals surface area contributed by atoms with Crippen molar-refractivity contribution in [1.29, 1.82) is 0 Å². The summed E-state index contributed by atoms with van der Waals surface area (Å²) in [6, 6.07) is 7.67. The lowest BCUT2D eigenvalue weighted by Crippen LogP contribution is -2.23. The molecular weight excluding hydrogens is 420 g/mol. The van der Waals surface area contributed by atoms with Gasteiger partial charge < -0.3 is 19.5 Å². The molecule has 0 aliphatic rings. The first-order valence-corrected chi connectivity index (χ1v) is 11.0. The normalized spacial score (nSPS) is 10.9. The number of aromatic nitrogens is 1. The highest BCUT2D eigenvalue weighted by Crippen LogP contribution is 2.35. The summed E-state index contributed by atoms with van der Waals surface area (Å²) in [7, 11) is 4.70. The van der Waals surface area contributed by atoms with Crippen LogP contribution in [0, 0.1) is 6.92 Å². The van der Waals surface area contributed by atoms with Crippen LogP contribution < -0.4 is 19.5 Å². The van der Waals surface area contributed by atoms with Crippen molar-refractivity contribution in [3.05, 3.63) is 51.2 Å². The molecule has 0 unspecified atom stereocenters. The Morgan fingerprint density at radius 3 is 2.50 bits per heavy atom. The predicted molar refractivity (Wildman–Crippen MR) is 122 cm³/mol. The summed E-state index contributed by atoms with van der Waals surface area (Å²) in [5.41, 5.74) is 1.75. The van der Waals surface area contributed by atoms with Crippen molar-refractivity contribution in [1.82, 2.24) is 10.3 Å². The molecule has 0 aliphatic heterocycles. The van der Waals surface area contributed by atoms with Gasteiger partial charge in [-0.05, 0) is 37.6 Å². The van der Waals surface area contributed by atoms with Gasteiger partial charge in [0.15, 0.2) is 11.5 Å². The number of aryl methyl sites for hydroxylation is 1. The molecule has 0 saturated carbocycles. The van der Waals surface area contributed by atoms with Gasteiger partial charge in [0.1, 0.15) is 5.75 Å². The zero-order chi connectivity index (χ0) is 21.5. The number of rotatable bonds is 9. The number of carbonyl (C=O) groups excluding carboxylic acids is 1. The monoisotopic (exact) mass is 444 g/mol. The van der Waals surface area contributed by atoms with Gasteiger partial charge in [-0.1, -0.05) is 0 Å². The Morgan fingerprint density at radius 2 is 1.83 bits per heavy atom. The maximum absolute atomic E-state index is 12.2. The third kappa shape index (κ3) is 5.40. The smallest absolute Gasteiger partial charge is 0.244 e. The lowest BCUT2D eigenvalue weighted by Gasteiger charge is -2.12. The lowest BCUT2D eigenvalue weighted by atomic mass is 10.1. The first-order valence-electron chi connectivity index (χ1n) is 9.31. The van der Waals surface area contributed by atoms with E-state index in [-0.39, 0.29) is 5.91 Å². The highest BCUT2D eigenvalue weighted by Gasteiger charge is 2.10. The van der Waals surface area contributed by atoms with Crippen LogP contribution in [-0.2, 0) is 11.2 Å². The zero-order valence-electron chi connectivity index (χ0n) is 17.4. The number of hydrogen-bond donors (Lipinski definition) is 1. The molecule has 2 aromatic heterocycles. The van der Waals surface area contributed by atoms with E-state index in [4.69, 9.17) is 14.2 Å². The van der Waals surface area contributed by atoms with Crippen molar-refractivity contribution < 1.29 is 19.0 Å². The van der Waals surface area contributed by atoms with E-state index < -0.39 is 0 Å². The van der Waals surface area contributed by atoms with Crippen LogP contribution in [0.3, 0.4) is 0 Å². The molecule has 0 fully saturated rings. The van der Waals surface area contributed by atoms with Gasteiger partial charge in [0.2, 0.25) is 5.91 Å². The minimum absolute atomic E-state index is 0.168. The van der Waals surface area contributed by atoms with Crippen LogP contribution in [0.2, 0.25) is 0 Å². The number of methoxy groups -OCH3 is 3. The molecular formula is C22H24N2O4S2. The van der Waals surface area contributed by atoms with E-state index in [1.54, 1.807) is 62.2 Å². The molecule has 0 radical (unpaired) electrons. The van der Waals surface area contributed by atoms with E-state index in [1.807, 2.05) is 6.92 Å². The van der Waals surface area contributed by atoms with Crippen LogP contribution in [0.5, 0.6) is 17.2 Å². The average Bonchev–Trinajstić information content (AvgIpc) is 3.40. The van der Waals surface area contributed by atoms with Crippen molar-refractivity contribution in [2.24, 2.45) is 0 Å². The summed E-state index contributed by atoms with van der Waals surface area (Å²) in [6.07, 6.45) is 3.96. The number of ether oxygens (including phenoxy) is 3. The number of nitrogens with one attached hydrogen (secondary N) is 1. The Hall–Kier alpha value is -2.84. The molecule has 6 nitrogen and oxygen atoms in total. The SMILES string of the molecule is COc1cc(OC)c(OC)cc1/C=C/C(=O)NCCc1ccc(-c2csc(C)n2)s1. The largest absolute Gasteiger partial charge is 0.496 e. The van der Waals surface area contributed by atoms with Gasteiger partial charge >= 0.3 is 0 Å². The molecule has 1 amide bonds. The van der Waals surface area contributed by atoms with Crippen LogP contribution >= 0.6 is 22.7 Å². The molecule has 0 atom stereocenters. The molecule has 0 bridgehead atoms. The summed E-state index contributed by atoms with van der Waals surface area (Å²) >= 11 is 3.35. The summed E-state index contributed by atoms with van der Waals surface area (Å²) in [6.45, 7) is 2.56. The molecule has 3 aromatic rings. The molecule has 8 heteroatoms. The second kappa shape index (κ2) is 10.3. The van der Waals surface area contributed by atoms with Crippen LogP contribution in [0.25, 0.3) is 16.6 Å². The lowest BCUT2D eigenvalue weighted by molar-refractivity contribution is -0.116. The summed E-state index contributed by atoms with van der Waals surface area (Å²) in [5, 5.41) is 6.04. The van der Waals surface area contributed by atoms with E-state index >= 15 is 0 Å². The third-order valence-corrected chi connectivity index (χ3v) is 6.29. The van der Waals surface area contributed by atoms with Crippen molar-refractivity contribution in [2.45, 2.75) is 13.3 Å². The maximum Gasteiger partial charge on any atom is 0.244 e. The van der Waals surface area contributed by atoms with Crippen molar-refractivity contribution in [3.63, 3.8) is 0 Å². The number of benzene rings is 1. The Kier molecular flexibility index (Phi) is 7.48. The van der Waals surface area contributed by atoms with E-state index in [2.05, 4.69) is 27.8 Å². The standard InChI is InChI=1S/C22H24N2O4S2/c1-14-24-17(13-29-14)21-7-6-16(30-21)9-10-23-22(25)8-5-15-11-19(27-3)20(28-4)12-18(15)26-2/h5-8,11-13H,9-10H2,1-4H3,(H,23,25)/b8-5+. The first-order chi connectivity index (χ1) is 14.5. The fraction of sp³-hybridized carbons (Fsp3) is 0.273. The Labute approximate surface area is 184 Å². The van der Waals surface area contributed by atoms with Crippen molar-refractivity contribution in [2.75, 3.05) is 27.9 Å². The van der Waals surface area contributed by atoms with Gasteiger partial charge in [-0.2, -0.15) is 0 Å². The minimum atomic E-state index is -0.168. The number of amides is 1. The van der Waals surface area contributed by atoms with Gasteiger partial charge in [0, 0.05) is 34.5 Å². The molecule has 0 aliphatic carbocycles. The first kappa shape index (κ1) is 21.9. The van der Waals surface area contributed by atoms with Crippen LogP contribution in [0.15, 0.2) is 35.7 Å². The second-order valence-electron chi connectivity index (χ2n) is 6.34. The number of nitrogens with zero attached hydrogens (tertiary/aromatic N) is 1. The molecule has 2 heterocycles. The molecule has 0 spiro atoms. The average molecular weight is 445 g/mol. The second-order valence-corrected chi connectivity index (χ2v) is 8.57. The fourth-order valence-electron chi connectivity index (χ4n) is 2.84. The van der Waals surface area contributed by atoms with E-state index in [0.717, 1.165) is 27.6 Å². The Morgan fingerprint density at radius 1 is 1.10 bits per heavy atom. The van der Waals surface area contributed by atoms with E-state index in [0.29, 0.717) is 23.8 Å². The third-order valence-electron chi connectivity index (χ3n) is 4.35. The Balaban J connectivity index is 1.56. The summed E-state index contributed by atoms with van der Waals surface area (Å²) < 4.78 is 16.0. The molecule has 30 heavy (non-hydrogen) atoms.